The number of halogens is 1. The van der Waals surface area contributed by atoms with Crippen LogP contribution >= 0.6 is 0 Å². The summed E-state index contributed by atoms with van der Waals surface area (Å²) in [6.07, 6.45) is 0. The average molecular weight is 230 g/mol. The zero-order valence-electron chi connectivity index (χ0n) is 9.98. The predicted molar refractivity (Wildman–Crippen MR) is 67.0 cm³/mol. The molecule has 0 saturated carbocycles. The van der Waals surface area contributed by atoms with Gasteiger partial charge in [0.05, 0.1) is 0 Å². The van der Waals surface area contributed by atoms with Gasteiger partial charge >= 0.3 is 0 Å². The highest BCUT2D eigenvalue weighted by molar-refractivity contribution is 5.39. The topological polar surface area (TPSA) is 9.23 Å². The normalized spacial score (nSPS) is 10.6. The Balaban J connectivity index is 2.30. The molecule has 0 aliphatic heterocycles. The van der Waals surface area contributed by atoms with Gasteiger partial charge in [-0.3, -0.25) is 0 Å². The highest BCUT2D eigenvalue weighted by Crippen LogP contribution is 2.30. The molecule has 0 fully saturated rings. The van der Waals surface area contributed by atoms with Crippen LogP contribution in [0.2, 0.25) is 0 Å². The van der Waals surface area contributed by atoms with Gasteiger partial charge in [0.2, 0.25) is 0 Å². The summed E-state index contributed by atoms with van der Waals surface area (Å²) >= 11 is 0. The fraction of sp³-hybridized carbons (Fsp3) is 0.200. The van der Waals surface area contributed by atoms with E-state index in [1.165, 1.54) is 12.1 Å². The van der Waals surface area contributed by atoms with E-state index in [9.17, 15) is 4.39 Å². The van der Waals surface area contributed by atoms with E-state index in [1.807, 2.05) is 24.3 Å². The van der Waals surface area contributed by atoms with Crippen molar-refractivity contribution in [1.82, 2.24) is 0 Å². The van der Waals surface area contributed by atoms with Crippen LogP contribution < -0.4 is 4.74 Å². The fourth-order valence-electron chi connectivity index (χ4n) is 1.71. The van der Waals surface area contributed by atoms with Crippen LogP contribution in [0, 0.1) is 5.82 Å². The maximum Gasteiger partial charge on any atom is 0.130 e. The summed E-state index contributed by atoms with van der Waals surface area (Å²) in [7, 11) is 0. The van der Waals surface area contributed by atoms with E-state index in [-0.39, 0.29) is 5.82 Å². The first-order chi connectivity index (χ1) is 8.16. The number of benzene rings is 2. The average Bonchev–Trinajstić information content (AvgIpc) is 2.29. The van der Waals surface area contributed by atoms with Crippen molar-refractivity contribution in [2.75, 3.05) is 0 Å². The molecule has 0 aromatic heterocycles. The van der Waals surface area contributed by atoms with Gasteiger partial charge in [-0.15, -0.1) is 0 Å². The molecule has 0 saturated heterocycles. The number of hydrogen-bond acceptors (Lipinski definition) is 1. The summed E-state index contributed by atoms with van der Waals surface area (Å²) < 4.78 is 18.8. The van der Waals surface area contributed by atoms with Crippen molar-refractivity contribution in [2.45, 2.75) is 19.8 Å². The van der Waals surface area contributed by atoms with E-state index in [1.54, 1.807) is 12.1 Å². The minimum absolute atomic E-state index is 0.287. The van der Waals surface area contributed by atoms with Gasteiger partial charge in [-0.05, 0) is 29.7 Å². The summed E-state index contributed by atoms with van der Waals surface area (Å²) in [5.74, 6) is 1.40. The molecule has 0 atom stereocenters. The lowest BCUT2D eigenvalue weighted by molar-refractivity contribution is 0.468. The van der Waals surface area contributed by atoms with E-state index in [0.717, 1.165) is 11.3 Å². The Kier molecular flexibility index (Phi) is 3.43. The Hall–Kier alpha value is -1.83. The van der Waals surface area contributed by atoms with E-state index in [4.69, 9.17) is 4.74 Å². The highest BCUT2D eigenvalue weighted by Gasteiger charge is 2.07. The summed E-state index contributed by atoms with van der Waals surface area (Å²) in [4.78, 5) is 0. The quantitative estimate of drug-likeness (QED) is 0.739. The van der Waals surface area contributed by atoms with Gasteiger partial charge in [0.1, 0.15) is 17.3 Å². The molecule has 0 aliphatic rings. The molecule has 0 radical (unpaired) electrons. The highest BCUT2D eigenvalue weighted by atomic mass is 19.1. The van der Waals surface area contributed by atoms with Crippen molar-refractivity contribution in [2.24, 2.45) is 0 Å². The van der Waals surface area contributed by atoms with Gasteiger partial charge in [0.25, 0.3) is 0 Å². The Morgan fingerprint density at radius 2 is 1.76 bits per heavy atom. The third-order valence-corrected chi connectivity index (χ3v) is 2.56. The Morgan fingerprint density at radius 1 is 1.00 bits per heavy atom. The van der Waals surface area contributed by atoms with E-state index < -0.39 is 0 Å². The van der Waals surface area contributed by atoms with Crippen LogP contribution in [0.4, 0.5) is 4.39 Å². The molecule has 0 N–H and O–H groups in total. The minimum atomic E-state index is -0.287. The van der Waals surface area contributed by atoms with Crippen LogP contribution in [-0.4, -0.2) is 0 Å². The number of rotatable bonds is 3. The Morgan fingerprint density at radius 3 is 2.47 bits per heavy atom. The first kappa shape index (κ1) is 11.6. The molecule has 2 rings (SSSR count). The third kappa shape index (κ3) is 2.84. The molecule has 0 bridgehead atoms. The lowest BCUT2D eigenvalue weighted by Gasteiger charge is -2.13. The molecule has 0 aliphatic carbocycles. The molecule has 0 heterocycles. The van der Waals surface area contributed by atoms with Crippen molar-refractivity contribution in [3.63, 3.8) is 0 Å². The maximum atomic E-state index is 13.0. The molecule has 0 spiro atoms. The van der Waals surface area contributed by atoms with E-state index in [2.05, 4.69) is 13.8 Å². The van der Waals surface area contributed by atoms with Crippen LogP contribution in [0.5, 0.6) is 11.5 Å². The second-order valence-corrected chi connectivity index (χ2v) is 4.25. The molecule has 2 heteroatoms. The predicted octanol–water partition coefficient (Wildman–Crippen LogP) is 4.74. The second-order valence-electron chi connectivity index (χ2n) is 4.25. The molecule has 0 unspecified atom stereocenters. The van der Waals surface area contributed by atoms with Crippen LogP contribution in [-0.2, 0) is 0 Å². The third-order valence-electron chi connectivity index (χ3n) is 2.56. The first-order valence-corrected chi connectivity index (χ1v) is 5.69. The molecule has 2 aromatic carbocycles. The van der Waals surface area contributed by atoms with Crippen molar-refractivity contribution in [3.8, 4) is 11.5 Å². The van der Waals surface area contributed by atoms with E-state index >= 15 is 0 Å². The Labute approximate surface area is 101 Å². The summed E-state index contributed by atoms with van der Waals surface area (Å²) in [6.45, 7) is 4.21. The molecule has 17 heavy (non-hydrogen) atoms. The minimum Gasteiger partial charge on any atom is -0.457 e. The molecule has 88 valence electrons. The molecule has 2 aromatic rings. The molecule has 1 nitrogen and oxygen atoms in total. The van der Waals surface area contributed by atoms with Gasteiger partial charge < -0.3 is 4.74 Å². The second kappa shape index (κ2) is 5.00. The van der Waals surface area contributed by atoms with Gasteiger partial charge in [-0.1, -0.05) is 38.1 Å². The first-order valence-electron chi connectivity index (χ1n) is 5.69. The number of para-hydroxylation sites is 1. The van der Waals surface area contributed by atoms with Gasteiger partial charge in [-0.2, -0.15) is 0 Å². The molecular formula is C15H15FO. The largest absolute Gasteiger partial charge is 0.457 e. The molecular weight excluding hydrogens is 215 g/mol. The SMILES string of the molecule is CC(C)c1ccccc1Oc1cccc(F)c1. The van der Waals surface area contributed by atoms with Crippen LogP contribution in [0.1, 0.15) is 25.3 Å². The number of hydrogen-bond donors (Lipinski definition) is 0. The smallest absolute Gasteiger partial charge is 0.130 e. The van der Waals surface area contributed by atoms with Crippen molar-refractivity contribution >= 4 is 0 Å². The van der Waals surface area contributed by atoms with Gasteiger partial charge in [-0.25, -0.2) is 4.39 Å². The summed E-state index contributed by atoms with van der Waals surface area (Å²) in [5.41, 5.74) is 1.12. The van der Waals surface area contributed by atoms with Crippen LogP contribution in [0.3, 0.4) is 0 Å². The monoisotopic (exact) mass is 230 g/mol. The Bertz CT molecular complexity index is 506. The zero-order valence-corrected chi connectivity index (χ0v) is 9.98. The fourth-order valence-corrected chi connectivity index (χ4v) is 1.71. The molecule has 0 amide bonds. The van der Waals surface area contributed by atoms with E-state index in [0.29, 0.717) is 11.7 Å². The lowest BCUT2D eigenvalue weighted by atomic mass is 10.0. The summed E-state index contributed by atoms with van der Waals surface area (Å²) in [5, 5.41) is 0. The van der Waals surface area contributed by atoms with Crippen molar-refractivity contribution in [3.05, 3.63) is 59.9 Å². The zero-order chi connectivity index (χ0) is 12.3. The lowest BCUT2D eigenvalue weighted by Crippen LogP contribution is -1.93. The standard InChI is InChI=1S/C15H15FO/c1-11(2)14-8-3-4-9-15(14)17-13-7-5-6-12(16)10-13/h3-11H,1-2H3. The number of ether oxygens (including phenoxy) is 1. The van der Waals surface area contributed by atoms with Crippen LogP contribution in [0.15, 0.2) is 48.5 Å². The van der Waals surface area contributed by atoms with Gasteiger partial charge in [0, 0.05) is 6.07 Å². The van der Waals surface area contributed by atoms with Crippen molar-refractivity contribution < 1.29 is 9.13 Å². The van der Waals surface area contributed by atoms with Crippen molar-refractivity contribution in [1.29, 1.82) is 0 Å². The van der Waals surface area contributed by atoms with Crippen LogP contribution in [0.25, 0.3) is 0 Å². The summed E-state index contributed by atoms with van der Waals surface area (Å²) in [6, 6.07) is 14.0. The maximum absolute atomic E-state index is 13.0. The van der Waals surface area contributed by atoms with Gasteiger partial charge in [0.15, 0.2) is 0 Å².